The molecule has 0 saturated heterocycles. The third-order valence-electron chi connectivity index (χ3n) is 2.45. The minimum atomic E-state index is -0.437. The molecule has 2 atom stereocenters. The van der Waals surface area contributed by atoms with Gasteiger partial charge in [-0.15, -0.1) is 23.1 Å². The maximum absolute atomic E-state index is 13.6. The molecule has 0 bridgehead atoms. The molecule has 2 aromatic rings. The molecule has 0 fully saturated rings. The Morgan fingerprint density at radius 1 is 1.28 bits per heavy atom. The quantitative estimate of drug-likeness (QED) is 0.852. The van der Waals surface area contributed by atoms with Crippen LogP contribution < -0.4 is 5.73 Å². The zero-order valence-electron chi connectivity index (χ0n) is 9.77. The molecule has 0 radical (unpaired) electrons. The molecule has 0 aliphatic carbocycles. The summed E-state index contributed by atoms with van der Waals surface area (Å²) in [6.45, 7) is 1.87. The van der Waals surface area contributed by atoms with Crippen LogP contribution in [-0.2, 0) is 0 Å². The lowest BCUT2D eigenvalue weighted by Gasteiger charge is -2.19. The number of hydrogen-bond acceptors (Lipinski definition) is 3. The molecule has 0 aliphatic rings. The standard InChI is InChI=1S/C13H13F2NS2/c1-8(16)13(11-3-2-6-17-11)18-12-7-9(14)4-5-10(12)15/h2-8,13H,16H2,1H3. The molecule has 0 spiro atoms. The maximum Gasteiger partial charge on any atom is 0.136 e. The summed E-state index contributed by atoms with van der Waals surface area (Å²) >= 11 is 2.84. The minimum Gasteiger partial charge on any atom is -0.327 e. The lowest BCUT2D eigenvalue weighted by Crippen LogP contribution is -2.22. The van der Waals surface area contributed by atoms with Crippen molar-refractivity contribution in [3.8, 4) is 0 Å². The highest BCUT2D eigenvalue weighted by molar-refractivity contribution is 7.99. The monoisotopic (exact) mass is 285 g/mol. The predicted octanol–water partition coefficient (Wildman–Crippen LogP) is 4.21. The van der Waals surface area contributed by atoms with Crippen LogP contribution in [0.15, 0.2) is 40.6 Å². The van der Waals surface area contributed by atoms with Gasteiger partial charge in [0.25, 0.3) is 0 Å². The van der Waals surface area contributed by atoms with Crippen LogP contribution in [0, 0.1) is 11.6 Å². The van der Waals surface area contributed by atoms with Crippen molar-refractivity contribution >= 4 is 23.1 Å². The Balaban J connectivity index is 2.27. The van der Waals surface area contributed by atoms with Crippen molar-refractivity contribution < 1.29 is 8.78 Å². The Bertz CT molecular complexity index is 512. The molecule has 0 amide bonds. The van der Waals surface area contributed by atoms with E-state index in [1.54, 1.807) is 11.3 Å². The summed E-state index contributed by atoms with van der Waals surface area (Å²) < 4.78 is 26.7. The van der Waals surface area contributed by atoms with Crippen LogP contribution in [0.2, 0.25) is 0 Å². The first kappa shape index (κ1) is 13.5. The molecule has 0 aliphatic heterocycles. The average Bonchev–Trinajstić information content (AvgIpc) is 2.83. The van der Waals surface area contributed by atoms with Crippen LogP contribution in [-0.4, -0.2) is 6.04 Å². The van der Waals surface area contributed by atoms with Crippen LogP contribution in [0.4, 0.5) is 8.78 Å². The SMILES string of the molecule is CC(N)C(Sc1cc(F)ccc1F)c1cccs1. The van der Waals surface area contributed by atoms with E-state index in [2.05, 4.69) is 0 Å². The van der Waals surface area contributed by atoms with Crippen molar-refractivity contribution in [2.75, 3.05) is 0 Å². The first-order valence-corrected chi connectivity index (χ1v) is 7.24. The number of rotatable bonds is 4. The maximum atomic E-state index is 13.6. The van der Waals surface area contributed by atoms with Crippen LogP contribution in [0.1, 0.15) is 17.1 Å². The second-order valence-electron chi connectivity index (χ2n) is 3.99. The third-order valence-corrected chi connectivity index (χ3v) is 5.06. The largest absolute Gasteiger partial charge is 0.327 e. The summed E-state index contributed by atoms with van der Waals surface area (Å²) in [5.74, 6) is -0.850. The number of nitrogens with two attached hydrogens (primary N) is 1. The second kappa shape index (κ2) is 5.82. The van der Waals surface area contributed by atoms with Gasteiger partial charge in [-0.2, -0.15) is 0 Å². The summed E-state index contributed by atoms with van der Waals surface area (Å²) in [6, 6.07) is 7.22. The highest BCUT2D eigenvalue weighted by Gasteiger charge is 2.20. The Morgan fingerprint density at radius 2 is 2.06 bits per heavy atom. The van der Waals surface area contributed by atoms with E-state index >= 15 is 0 Å². The molecule has 0 saturated carbocycles. The van der Waals surface area contributed by atoms with Crippen LogP contribution in [0.3, 0.4) is 0 Å². The summed E-state index contributed by atoms with van der Waals surface area (Å²) in [4.78, 5) is 1.37. The van der Waals surface area contributed by atoms with Crippen molar-refractivity contribution in [1.29, 1.82) is 0 Å². The van der Waals surface area contributed by atoms with E-state index < -0.39 is 11.6 Å². The van der Waals surface area contributed by atoms with E-state index in [1.807, 2.05) is 24.4 Å². The lowest BCUT2D eigenvalue weighted by atomic mass is 10.2. The van der Waals surface area contributed by atoms with Gasteiger partial charge >= 0.3 is 0 Å². The number of thioether (sulfide) groups is 1. The summed E-state index contributed by atoms with van der Waals surface area (Å²) in [7, 11) is 0. The van der Waals surface area contributed by atoms with Gasteiger partial charge in [-0.3, -0.25) is 0 Å². The van der Waals surface area contributed by atoms with Crippen molar-refractivity contribution in [2.45, 2.75) is 23.1 Å². The van der Waals surface area contributed by atoms with Crippen molar-refractivity contribution in [3.05, 3.63) is 52.2 Å². The molecule has 1 nitrogen and oxygen atoms in total. The minimum absolute atomic E-state index is 0.0682. The average molecular weight is 285 g/mol. The molecule has 1 heterocycles. The van der Waals surface area contributed by atoms with E-state index in [1.165, 1.54) is 17.8 Å². The molecular formula is C13H13F2NS2. The molecule has 2 rings (SSSR count). The Hall–Kier alpha value is -0.910. The zero-order valence-corrected chi connectivity index (χ0v) is 11.4. The van der Waals surface area contributed by atoms with E-state index in [0.29, 0.717) is 4.90 Å². The van der Waals surface area contributed by atoms with E-state index in [4.69, 9.17) is 5.73 Å². The van der Waals surface area contributed by atoms with E-state index in [0.717, 1.165) is 17.0 Å². The van der Waals surface area contributed by atoms with E-state index in [-0.39, 0.29) is 11.3 Å². The van der Waals surface area contributed by atoms with Gasteiger partial charge in [0.05, 0.1) is 5.25 Å². The first-order valence-electron chi connectivity index (χ1n) is 5.48. The Morgan fingerprint density at radius 3 is 2.67 bits per heavy atom. The highest BCUT2D eigenvalue weighted by Crippen LogP contribution is 2.40. The predicted molar refractivity (Wildman–Crippen MR) is 72.9 cm³/mol. The fourth-order valence-corrected chi connectivity index (χ4v) is 3.76. The van der Waals surface area contributed by atoms with Gasteiger partial charge in [0.1, 0.15) is 11.6 Å². The topological polar surface area (TPSA) is 26.0 Å². The van der Waals surface area contributed by atoms with Gasteiger partial charge in [-0.05, 0) is 36.6 Å². The molecule has 96 valence electrons. The molecule has 18 heavy (non-hydrogen) atoms. The van der Waals surface area contributed by atoms with Gasteiger partial charge < -0.3 is 5.73 Å². The smallest absolute Gasteiger partial charge is 0.136 e. The number of halogens is 2. The van der Waals surface area contributed by atoms with Gasteiger partial charge in [-0.1, -0.05) is 6.07 Å². The number of hydrogen-bond donors (Lipinski definition) is 1. The molecule has 2 unspecified atom stereocenters. The van der Waals surface area contributed by atoms with Crippen LogP contribution >= 0.6 is 23.1 Å². The second-order valence-corrected chi connectivity index (χ2v) is 6.15. The van der Waals surface area contributed by atoms with E-state index in [9.17, 15) is 8.78 Å². The fraction of sp³-hybridized carbons (Fsp3) is 0.231. The molecule has 1 aromatic carbocycles. The van der Waals surface area contributed by atoms with Gasteiger partial charge in [0.2, 0.25) is 0 Å². The number of thiophene rings is 1. The van der Waals surface area contributed by atoms with Crippen molar-refractivity contribution in [3.63, 3.8) is 0 Å². The van der Waals surface area contributed by atoms with Crippen LogP contribution in [0.25, 0.3) is 0 Å². The normalized spacial score (nSPS) is 14.4. The van der Waals surface area contributed by atoms with Gasteiger partial charge in [0.15, 0.2) is 0 Å². The summed E-state index contributed by atoms with van der Waals surface area (Å²) in [6.07, 6.45) is 0. The Kier molecular flexibility index (Phi) is 4.37. The van der Waals surface area contributed by atoms with Gasteiger partial charge in [0, 0.05) is 15.8 Å². The highest BCUT2D eigenvalue weighted by atomic mass is 32.2. The fourth-order valence-electron chi connectivity index (χ4n) is 1.58. The van der Waals surface area contributed by atoms with Crippen LogP contribution in [0.5, 0.6) is 0 Å². The summed E-state index contributed by atoms with van der Waals surface area (Å²) in [5.41, 5.74) is 5.93. The number of benzene rings is 1. The van der Waals surface area contributed by atoms with Gasteiger partial charge in [-0.25, -0.2) is 8.78 Å². The molecule has 2 N–H and O–H groups in total. The van der Waals surface area contributed by atoms with Crippen molar-refractivity contribution in [1.82, 2.24) is 0 Å². The Labute approximate surface area is 113 Å². The molecular weight excluding hydrogens is 272 g/mol. The van der Waals surface area contributed by atoms with Crippen molar-refractivity contribution in [2.24, 2.45) is 5.73 Å². The third kappa shape index (κ3) is 3.10. The summed E-state index contributed by atoms with van der Waals surface area (Å²) in [5, 5.41) is 1.88. The molecule has 1 aromatic heterocycles. The zero-order chi connectivity index (χ0) is 13.1. The lowest BCUT2D eigenvalue weighted by molar-refractivity contribution is 0.576. The molecule has 5 heteroatoms. The first-order chi connectivity index (χ1) is 8.58.